The molecule has 2 N–H and O–H groups in total. The van der Waals surface area contributed by atoms with E-state index in [9.17, 15) is 19.5 Å². The second kappa shape index (κ2) is 12.3. The highest BCUT2D eigenvalue weighted by molar-refractivity contribution is 5.84. The van der Waals surface area contributed by atoms with Crippen molar-refractivity contribution in [2.45, 2.75) is 65.7 Å². The first-order valence-electron chi connectivity index (χ1n) is 10.6. The molecule has 2 atom stereocenters. The van der Waals surface area contributed by atoms with Crippen molar-refractivity contribution in [1.29, 1.82) is 0 Å². The molecule has 0 saturated carbocycles. The van der Waals surface area contributed by atoms with E-state index in [1.165, 1.54) is 4.90 Å². The van der Waals surface area contributed by atoms with E-state index in [1.807, 2.05) is 44.2 Å². The summed E-state index contributed by atoms with van der Waals surface area (Å²) in [5, 5.41) is 12.8. The Labute approximate surface area is 184 Å². The van der Waals surface area contributed by atoms with Crippen molar-refractivity contribution < 1.29 is 29.0 Å². The SMILES string of the molecule is CCOC(=O)C(O)CN(CC(C)C)C(=O)NC(Cc1ccccc1)C(=O)OC(C)(C)C. The number of nitrogens with one attached hydrogen (secondary N) is 1. The minimum atomic E-state index is -1.47. The topological polar surface area (TPSA) is 105 Å². The minimum Gasteiger partial charge on any atom is -0.464 e. The maximum atomic E-state index is 13.0. The zero-order chi connectivity index (χ0) is 23.6. The standard InChI is InChI=1S/C23H36N2O6/c1-7-30-21(28)19(26)15-25(14-16(2)3)22(29)24-18(20(27)31-23(4,5)6)13-17-11-9-8-10-12-17/h8-12,16,18-19,26H,7,13-15H2,1-6H3,(H,24,29). The lowest BCUT2D eigenvalue weighted by atomic mass is 10.1. The molecule has 0 fully saturated rings. The third kappa shape index (κ3) is 10.3. The molecule has 0 heterocycles. The summed E-state index contributed by atoms with van der Waals surface area (Å²) in [5.74, 6) is -1.27. The van der Waals surface area contributed by atoms with Crippen LogP contribution in [0.2, 0.25) is 0 Å². The summed E-state index contributed by atoms with van der Waals surface area (Å²) in [6.07, 6.45) is -1.23. The molecule has 0 aliphatic heterocycles. The smallest absolute Gasteiger partial charge is 0.336 e. The van der Waals surface area contributed by atoms with Crippen molar-refractivity contribution in [1.82, 2.24) is 10.2 Å². The highest BCUT2D eigenvalue weighted by Crippen LogP contribution is 2.12. The molecule has 8 nitrogen and oxygen atoms in total. The quantitative estimate of drug-likeness (QED) is 0.546. The summed E-state index contributed by atoms with van der Waals surface area (Å²) in [4.78, 5) is 38.9. The molecular weight excluding hydrogens is 400 g/mol. The number of urea groups is 1. The van der Waals surface area contributed by atoms with Gasteiger partial charge in [0.25, 0.3) is 0 Å². The first-order chi connectivity index (χ1) is 14.4. The number of amides is 2. The molecule has 1 aromatic rings. The summed E-state index contributed by atoms with van der Waals surface area (Å²) < 4.78 is 10.3. The summed E-state index contributed by atoms with van der Waals surface area (Å²) in [7, 11) is 0. The molecule has 0 bridgehead atoms. The van der Waals surface area contributed by atoms with Crippen molar-refractivity contribution in [3.05, 3.63) is 35.9 Å². The number of hydrogen-bond acceptors (Lipinski definition) is 6. The van der Waals surface area contributed by atoms with E-state index < -0.39 is 35.7 Å². The van der Waals surface area contributed by atoms with Crippen molar-refractivity contribution in [2.24, 2.45) is 5.92 Å². The van der Waals surface area contributed by atoms with Gasteiger partial charge in [-0.1, -0.05) is 44.2 Å². The number of carbonyl (C=O) groups excluding carboxylic acids is 3. The molecule has 0 aliphatic rings. The molecule has 8 heteroatoms. The Morgan fingerprint density at radius 3 is 2.19 bits per heavy atom. The molecule has 2 amide bonds. The number of carbonyl (C=O) groups is 3. The third-order valence-corrected chi connectivity index (χ3v) is 4.10. The van der Waals surface area contributed by atoms with Crippen LogP contribution in [0.5, 0.6) is 0 Å². The second-order valence-electron chi connectivity index (χ2n) is 8.79. The van der Waals surface area contributed by atoms with Crippen molar-refractivity contribution in [2.75, 3.05) is 19.7 Å². The van der Waals surface area contributed by atoms with E-state index in [4.69, 9.17) is 9.47 Å². The summed E-state index contributed by atoms with van der Waals surface area (Å²) >= 11 is 0. The summed E-state index contributed by atoms with van der Waals surface area (Å²) in [6, 6.07) is 7.80. The van der Waals surface area contributed by atoms with Crippen LogP contribution in [-0.2, 0) is 25.5 Å². The molecule has 0 spiro atoms. The highest BCUT2D eigenvalue weighted by atomic mass is 16.6. The van der Waals surface area contributed by atoms with Crippen LogP contribution in [0.1, 0.15) is 47.1 Å². The number of esters is 2. The number of aliphatic hydroxyl groups excluding tert-OH is 1. The molecule has 2 unspecified atom stereocenters. The van der Waals surface area contributed by atoms with Crippen molar-refractivity contribution in [3.63, 3.8) is 0 Å². The van der Waals surface area contributed by atoms with Gasteiger partial charge in [-0.25, -0.2) is 14.4 Å². The highest BCUT2D eigenvalue weighted by Gasteiger charge is 2.30. The molecule has 0 saturated heterocycles. The van der Waals surface area contributed by atoms with E-state index in [0.29, 0.717) is 0 Å². The average Bonchev–Trinajstić information content (AvgIpc) is 2.66. The van der Waals surface area contributed by atoms with Gasteiger partial charge in [0.1, 0.15) is 11.6 Å². The molecular formula is C23H36N2O6. The molecule has 174 valence electrons. The van der Waals surface area contributed by atoms with E-state index in [2.05, 4.69) is 5.32 Å². The number of aliphatic hydroxyl groups is 1. The fourth-order valence-electron chi connectivity index (χ4n) is 2.86. The Kier molecular flexibility index (Phi) is 10.5. The molecule has 1 aromatic carbocycles. The Hall–Kier alpha value is -2.61. The van der Waals surface area contributed by atoms with Gasteiger partial charge in [0.05, 0.1) is 13.2 Å². The number of hydrogen-bond donors (Lipinski definition) is 2. The third-order valence-electron chi connectivity index (χ3n) is 4.10. The van der Waals surface area contributed by atoms with Crippen LogP contribution < -0.4 is 5.32 Å². The molecule has 31 heavy (non-hydrogen) atoms. The van der Waals surface area contributed by atoms with Gasteiger partial charge in [-0.05, 0) is 39.2 Å². The second-order valence-corrected chi connectivity index (χ2v) is 8.79. The fourth-order valence-corrected chi connectivity index (χ4v) is 2.86. The first kappa shape index (κ1) is 26.4. The van der Waals surface area contributed by atoms with Gasteiger partial charge >= 0.3 is 18.0 Å². The van der Waals surface area contributed by atoms with Crippen LogP contribution in [-0.4, -0.2) is 65.4 Å². The van der Waals surface area contributed by atoms with Gasteiger partial charge in [0.2, 0.25) is 0 Å². The molecule has 0 aromatic heterocycles. The maximum Gasteiger partial charge on any atom is 0.336 e. The van der Waals surface area contributed by atoms with Crippen molar-refractivity contribution >= 4 is 18.0 Å². The predicted octanol–water partition coefficient (Wildman–Crippen LogP) is 2.53. The van der Waals surface area contributed by atoms with Crippen molar-refractivity contribution in [3.8, 4) is 0 Å². The van der Waals surface area contributed by atoms with Gasteiger partial charge in [0.15, 0.2) is 6.10 Å². The van der Waals surface area contributed by atoms with Crippen LogP contribution in [0.4, 0.5) is 4.79 Å². The van der Waals surface area contributed by atoms with Crippen LogP contribution in [0, 0.1) is 5.92 Å². The Morgan fingerprint density at radius 1 is 1.06 bits per heavy atom. The lowest BCUT2D eigenvalue weighted by Crippen LogP contribution is -2.53. The van der Waals surface area contributed by atoms with Crippen LogP contribution in [0.3, 0.4) is 0 Å². The summed E-state index contributed by atoms with van der Waals surface area (Å²) in [5.41, 5.74) is 0.148. The zero-order valence-corrected chi connectivity index (χ0v) is 19.4. The van der Waals surface area contributed by atoms with Gasteiger partial charge in [-0.3, -0.25) is 0 Å². The zero-order valence-electron chi connectivity index (χ0n) is 19.4. The van der Waals surface area contributed by atoms with Gasteiger partial charge in [0, 0.05) is 13.0 Å². The Bertz CT molecular complexity index is 715. The van der Waals surface area contributed by atoms with Crippen LogP contribution in [0.25, 0.3) is 0 Å². The van der Waals surface area contributed by atoms with Gasteiger partial charge in [-0.2, -0.15) is 0 Å². The average molecular weight is 437 g/mol. The number of rotatable bonds is 10. The summed E-state index contributed by atoms with van der Waals surface area (Å²) in [6.45, 7) is 10.9. The van der Waals surface area contributed by atoms with Gasteiger partial charge < -0.3 is 24.8 Å². The van der Waals surface area contributed by atoms with Crippen LogP contribution in [0.15, 0.2) is 30.3 Å². The lowest BCUT2D eigenvalue weighted by Gasteiger charge is -2.30. The normalized spacial score (nSPS) is 13.3. The lowest BCUT2D eigenvalue weighted by molar-refractivity contribution is -0.157. The first-order valence-corrected chi connectivity index (χ1v) is 10.6. The maximum absolute atomic E-state index is 13.0. The van der Waals surface area contributed by atoms with Crippen LogP contribution >= 0.6 is 0 Å². The number of benzene rings is 1. The van der Waals surface area contributed by atoms with Gasteiger partial charge in [-0.15, -0.1) is 0 Å². The number of ether oxygens (including phenoxy) is 2. The van der Waals surface area contributed by atoms with E-state index in [-0.39, 0.29) is 32.0 Å². The fraction of sp³-hybridized carbons (Fsp3) is 0.609. The van der Waals surface area contributed by atoms with E-state index in [1.54, 1.807) is 27.7 Å². The minimum absolute atomic E-state index is 0.0780. The number of nitrogens with zero attached hydrogens (tertiary/aromatic N) is 1. The largest absolute Gasteiger partial charge is 0.464 e. The Morgan fingerprint density at radius 2 is 1.68 bits per heavy atom. The molecule has 1 rings (SSSR count). The predicted molar refractivity (Wildman–Crippen MR) is 117 cm³/mol. The van der Waals surface area contributed by atoms with E-state index in [0.717, 1.165) is 5.56 Å². The molecule has 0 radical (unpaired) electrons. The monoisotopic (exact) mass is 436 g/mol. The van der Waals surface area contributed by atoms with E-state index >= 15 is 0 Å². The molecule has 0 aliphatic carbocycles. The Balaban J connectivity index is 3.01.